The topological polar surface area (TPSA) is 59.8 Å². The Labute approximate surface area is 173 Å². The van der Waals surface area contributed by atoms with E-state index in [2.05, 4.69) is 44.9 Å². The second-order valence-electron chi connectivity index (χ2n) is 6.94. The lowest BCUT2D eigenvalue weighted by Crippen LogP contribution is -2.41. The van der Waals surface area contributed by atoms with Crippen LogP contribution in [0.1, 0.15) is 32.6 Å². The number of carbonyl (C=O) groups is 1. The number of nitrogens with one attached hydrogen (secondary N) is 1. The summed E-state index contributed by atoms with van der Waals surface area (Å²) in [5.74, 6) is 1.75. The van der Waals surface area contributed by atoms with E-state index in [0.717, 1.165) is 27.4 Å². The molecular formula is C20H25BrN4OS. The normalized spacial score (nSPS) is 19.6. The van der Waals surface area contributed by atoms with Crippen molar-refractivity contribution in [1.82, 2.24) is 20.1 Å². The van der Waals surface area contributed by atoms with Gasteiger partial charge in [0.05, 0.1) is 5.75 Å². The minimum absolute atomic E-state index is 0.0668. The molecule has 3 rings (SSSR count). The van der Waals surface area contributed by atoms with Gasteiger partial charge in [0.1, 0.15) is 0 Å². The third-order valence-corrected chi connectivity index (χ3v) is 6.42. The van der Waals surface area contributed by atoms with E-state index >= 15 is 0 Å². The molecule has 7 heteroatoms. The number of carbonyl (C=O) groups excluding carboxylic acids is 1. The van der Waals surface area contributed by atoms with Crippen molar-refractivity contribution in [3.05, 3.63) is 41.4 Å². The highest BCUT2D eigenvalue weighted by atomic mass is 79.9. The van der Waals surface area contributed by atoms with Crippen LogP contribution in [0.2, 0.25) is 0 Å². The van der Waals surface area contributed by atoms with Crippen LogP contribution in [-0.4, -0.2) is 32.5 Å². The summed E-state index contributed by atoms with van der Waals surface area (Å²) < 4.78 is 3.02. The molecule has 27 heavy (non-hydrogen) atoms. The molecule has 1 heterocycles. The number of hydrogen-bond donors (Lipinski definition) is 1. The maximum Gasteiger partial charge on any atom is 0.230 e. The van der Waals surface area contributed by atoms with Gasteiger partial charge in [0, 0.05) is 22.6 Å². The molecule has 2 aromatic rings. The summed E-state index contributed by atoms with van der Waals surface area (Å²) in [6.07, 6.45) is 6.57. The molecule has 1 amide bonds. The number of halogens is 1. The summed E-state index contributed by atoms with van der Waals surface area (Å²) in [5, 5.41) is 12.6. The number of hydrogen-bond acceptors (Lipinski definition) is 4. The van der Waals surface area contributed by atoms with Crippen molar-refractivity contribution in [2.75, 3.05) is 5.75 Å². The Morgan fingerprint density at radius 2 is 2.07 bits per heavy atom. The summed E-state index contributed by atoms with van der Waals surface area (Å²) in [4.78, 5) is 12.4. The third kappa shape index (κ3) is 5.23. The highest BCUT2D eigenvalue weighted by Gasteiger charge is 2.23. The van der Waals surface area contributed by atoms with E-state index in [9.17, 15) is 4.79 Å². The Morgan fingerprint density at radius 3 is 2.78 bits per heavy atom. The van der Waals surface area contributed by atoms with Crippen molar-refractivity contribution in [2.45, 2.75) is 50.4 Å². The Kier molecular flexibility index (Phi) is 7.13. The monoisotopic (exact) mass is 448 g/mol. The standard InChI is InChI=1S/C20H25BrN4OS/c1-3-12-25-19(15-8-10-16(21)11-9-15)23-24-20(25)27-13-18(26)22-17-7-5-4-6-14(17)2/h3,8-11,14,17H,1,4-7,12-13H2,2H3,(H,22,26). The average Bonchev–Trinajstić information content (AvgIpc) is 3.06. The van der Waals surface area contributed by atoms with Crippen molar-refractivity contribution in [2.24, 2.45) is 5.92 Å². The van der Waals surface area contributed by atoms with Crippen LogP contribution in [0.15, 0.2) is 46.5 Å². The predicted octanol–water partition coefficient (Wildman–Crippen LogP) is 4.68. The van der Waals surface area contributed by atoms with E-state index in [4.69, 9.17) is 0 Å². The van der Waals surface area contributed by atoms with Crippen LogP contribution in [0.25, 0.3) is 11.4 Å². The fourth-order valence-electron chi connectivity index (χ4n) is 3.41. The molecule has 0 saturated heterocycles. The molecule has 0 bridgehead atoms. The first-order chi connectivity index (χ1) is 13.1. The Hall–Kier alpha value is -1.60. The second-order valence-corrected chi connectivity index (χ2v) is 8.79. The first kappa shape index (κ1) is 20.1. The molecule has 1 saturated carbocycles. The molecule has 5 nitrogen and oxygen atoms in total. The molecule has 2 atom stereocenters. The van der Waals surface area contributed by atoms with E-state index in [1.54, 1.807) is 0 Å². The van der Waals surface area contributed by atoms with Crippen LogP contribution in [-0.2, 0) is 11.3 Å². The highest BCUT2D eigenvalue weighted by Crippen LogP contribution is 2.26. The van der Waals surface area contributed by atoms with Gasteiger partial charge in [-0.3, -0.25) is 9.36 Å². The van der Waals surface area contributed by atoms with E-state index in [1.165, 1.54) is 31.0 Å². The Balaban J connectivity index is 1.66. The molecule has 0 spiro atoms. The molecule has 1 N–H and O–H groups in total. The molecule has 144 valence electrons. The first-order valence-corrected chi connectivity index (χ1v) is 11.1. The lowest BCUT2D eigenvalue weighted by atomic mass is 9.86. The van der Waals surface area contributed by atoms with Gasteiger partial charge in [-0.2, -0.15) is 0 Å². The summed E-state index contributed by atoms with van der Waals surface area (Å²) in [5.41, 5.74) is 0.986. The molecule has 2 unspecified atom stereocenters. The highest BCUT2D eigenvalue weighted by molar-refractivity contribution is 9.10. The summed E-state index contributed by atoms with van der Waals surface area (Å²) >= 11 is 4.87. The van der Waals surface area contributed by atoms with Gasteiger partial charge < -0.3 is 5.32 Å². The van der Waals surface area contributed by atoms with E-state index < -0.39 is 0 Å². The number of benzene rings is 1. The number of amides is 1. The smallest absolute Gasteiger partial charge is 0.230 e. The van der Waals surface area contributed by atoms with Crippen molar-refractivity contribution >= 4 is 33.6 Å². The SMILES string of the molecule is C=CCn1c(SCC(=O)NC2CCCCC2C)nnc1-c1ccc(Br)cc1. The number of thioether (sulfide) groups is 1. The van der Waals surface area contributed by atoms with Gasteiger partial charge in [0.2, 0.25) is 5.91 Å². The van der Waals surface area contributed by atoms with Gasteiger partial charge in [-0.25, -0.2) is 0 Å². The Bertz CT molecular complexity index is 790. The van der Waals surface area contributed by atoms with Crippen molar-refractivity contribution in [1.29, 1.82) is 0 Å². The summed E-state index contributed by atoms with van der Waals surface area (Å²) in [6.45, 7) is 6.66. The first-order valence-electron chi connectivity index (χ1n) is 9.30. The zero-order chi connectivity index (χ0) is 19.2. The molecule has 1 aromatic heterocycles. The number of allylic oxidation sites excluding steroid dienone is 1. The lowest BCUT2D eigenvalue weighted by Gasteiger charge is -2.29. The maximum atomic E-state index is 12.4. The number of rotatable bonds is 7. The Morgan fingerprint density at radius 1 is 1.33 bits per heavy atom. The van der Waals surface area contributed by atoms with Gasteiger partial charge in [0.25, 0.3) is 0 Å². The molecule has 1 aliphatic carbocycles. The number of nitrogens with zero attached hydrogens (tertiary/aromatic N) is 3. The lowest BCUT2D eigenvalue weighted by molar-refractivity contribution is -0.119. The zero-order valence-electron chi connectivity index (χ0n) is 15.5. The fourth-order valence-corrected chi connectivity index (χ4v) is 4.43. The molecule has 0 aliphatic heterocycles. The van der Waals surface area contributed by atoms with Crippen LogP contribution >= 0.6 is 27.7 Å². The third-order valence-electron chi connectivity index (χ3n) is 4.92. The minimum Gasteiger partial charge on any atom is -0.352 e. The molecule has 1 aromatic carbocycles. The van der Waals surface area contributed by atoms with Crippen molar-refractivity contribution in [3.8, 4) is 11.4 Å². The summed E-state index contributed by atoms with van der Waals surface area (Å²) in [7, 11) is 0. The van der Waals surface area contributed by atoms with Gasteiger partial charge in [-0.1, -0.05) is 65.7 Å². The van der Waals surface area contributed by atoms with Gasteiger partial charge in [-0.15, -0.1) is 16.8 Å². The van der Waals surface area contributed by atoms with E-state index in [-0.39, 0.29) is 5.91 Å². The second kappa shape index (κ2) is 9.55. The fraction of sp³-hybridized carbons (Fsp3) is 0.450. The quantitative estimate of drug-likeness (QED) is 0.493. The zero-order valence-corrected chi connectivity index (χ0v) is 17.9. The van der Waals surface area contributed by atoms with Crippen molar-refractivity contribution < 1.29 is 4.79 Å². The maximum absolute atomic E-state index is 12.4. The van der Waals surface area contributed by atoms with Crippen LogP contribution in [0.4, 0.5) is 0 Å². The van der Waals surface area contributed by atoms with Gasteiger partial charge >= 0.3 is 0 Å². The largest absolute Gasteiger partial charge is 0.352 e. The molecule has 0 radical (unpaired) electrons. The van der Waals surface area contributed by atoms with Crippen molar-refractivity contribution in [3.63, 3.8) is 0 Å². The summed E-state index contributed by atoms with van der Waals surface area (Å²) in [6, 6.07) is 8.26. The van der Waals surface area contributed by atoms with Crippen LogP contribution in [0, 0.1) is 5.92 Å². The van der Waals surface area contributed by atoms with Crippen LogP contribution in [0.3, 0.4) is 0 Å². The molecule has 1 fully saturated rings. The van der Waals surface area contributed by atoms with E-state index in [1.807, 2.05) is 34.9 Å². The molecule has 1 aliphatic rings. The average molecular weight is 449 g/mol. The molecular weight excluding hydrogens is 424 g/mol. The number of aromatic nitrogens is 3. The van der Waals surface area contributed by atoms with Crippen LogP contribution < -0.4 is 5.32 Å². The minimum atomic E-state index is 0.0668. The predicted molar refractivity (Wildman–Crippen MR) is 114 cm³/mol. The van der Waals surface area contributed by atoms with E-state index in [0.29, 0.717) is 24.3 Å². The van der Waals surface area contributed by atoms with Gasteiger partial charge in [0.15, 0.2) is 11.0 Å². The van der Waals surface area contributed by atoms with Crippen LogP contribution in [0.5, 0.6) is 0 Å². The van der Waals surface area contributed by atoms with Gasteiger partial charge in [-0.05, 0) is 30.9 Å².